The summed E-state index contributed by atoms with van der Waals surface area (Å²) in [5.41, 5.74) is -0.128. The highest BCUT2D eigenvalue weighted by molar-refractivity contribution is 6.16. The average molecular weight is 414 g/mol. The van der Waals surface area contributed by atoms with Crippen LogP contribution in [0, 0.1) is 5.41 Å². The summed E-state index contributed by atoms with van der Waals surface area (Å²) in [6.45, 7) is 9.78. The van der Waals surface area contributed by atoms with Crippen molar-refractivity contribution in [2.24, 2.45) is 5.41 Å². The minimum Gasteiger partial charge on any atom is -0.444 e. The van der Waals surface area contributed by atoms with Gasteiger partial charge in [-0.1, -0.05) is 30.3 Å². The van der Waals surface area contributed by atoms with Crippen molar-refractivity contribution in [2.75, 3.05) is 13.1 Å². The second-order valence-electron chi connectivity index (χ2n) is 9.11. The number of rotatable bonds is 3. The third-order valence-corrected chi connectivity index (χ3v) is 5.75. The minimum absolute atomic E-state index is 0.0627. The summed E-state index contributed by atoms with van der Waals surface area (Å²) < 4.78 is 5.41. The lowest BCUT2D eigenvalue weighted by Crippen LogP contribution is -2.58. The molecule has 2 aliphatic heterocycles. The highest BCUT2D eigenvalue weighted by Gasteiger charge is 2.52. The standard InChI is InChI=1S/C23H31N3O4/c1-15-18(27)23(11-13-26(14-12-23)21(29)30-22(3,4)5)20(28)25-19(15)24-16(2)17-9-7-6-8-10-17/h6-10,16,24H,11-14H2,1-5H3,(H,25,28)/t16-/m0/s1. The van der Waals surface area contributed by atoms with Gasteiger partial charge in [0.25, 0.3) is 0 Å². The van der Waals surface area contributed by atoms with Crippen molar-refractivity contribution in [3.8, 4) is 0 Å². The molecule has 0 unspecified atom stereocenters. The maximum absolute atomic E-state index is 13.3. The van der Waals surface area contributed by atoms with Crippen molar-refractivity contribution in [2.45, 2.75) is 59.1 Å². The molecule has 0 bridgehead atoms. The number of ketones is 1. The fourth-order valence-electron chi connectivity index (χ4n) is 3.94. The smallest absolute Gasteiger partial charge is 0.410 e. The largest absolute Gasteiger partial charge is 0.444 e. The molecule has 1 fully saturated rings. The van der Waals surface area contributed by atoms with Crippen LogP contribution >= 0.6 is 0 Å². The van der Waals surface area contributed by atoms with E-state index in [1.165, 1.54) is 0 Å². The van der Waals surface area contributed by atoms with E-state index in [0.29, 0.717) is 24.5 Å². The Balaban J connectivity index is 1.71. The van der Waals surface area contributed by atoms with E-state index in [4.69, 9.17) is 4.74 Å². The van der Waals surface area contributed by atoms with Crippen LogP contribution in [0.15, 0.2) is 41.7 Å². The van der Waals surface area contributed by atoms with E-state index in [2.05, 4.69) is 10.6 Å². The summed E-state index contributed by atoms with van der Waals surface area (Å²) in [5.74, 6) is -0.0101. The van der Waals surface area contributed by atoms with Crippen molar-refractivity contribution in [3.05, 3.63) is 47.3 Å². The van der Waals surface area contributed by atoms with Crippen molar-refractivity contribution >= 4 is 17.8 Å². The Morgan fingerprint density at radius 1 is 1.17 bits per heavy atom. The molecular formula is C23H31N3O4. The summed E-state index contributed by atoms with van der Waals surface area (Å²) in [6.07, 6.45) is 0.165. The lowest BCUT2D eigenvalue weighted by molar-refractivity contribution is -0.144. The van der Waals surface area contributed by atoms with Crippen LogP contribution in [0.3, 0.4) is 0 Å². The molecule has 1 aromatic carbocycles. The average Bonchev–Trinajstić information content (AvgIpc) is 2.70. The normalized spacial score (nSPS) is 20.1. The molecule has 1 atom stereocenters. The number of likely N-dealkylation sites (tertiary alicyclic amines) is 1. The van der Waals surface area contributed by atoms with Gasteiger partial charge in [0.2, 0.25) is 5.91 Å². The van der Waals surface area contributed by atoms with Crippen molar-refractivity contribution in [1.82, 2.24) is 15.5 Å². The number of carbonyl (C=O) groups is 3. The molecule has 2 amide bonds. The van der Waals surface area contributed by atoms with E-state index in [0.717, 1.165) is 5.56 Å². The van der Waals surface area contributed by atoms with E-state index in [1.54, 1.807) is 11.8 Å². The number of ether oxygens (including phenoxy) is 1. The zero-order valence-corrected chi connectivity index (χ0v) is 18.4. The lowest BCUT2D eigenvalue weighted by atomic mass is 9.70. The van der Waals surface area contributed by atoms with Gasteiger partial charge in [-0.2, -0.15) is 0 Å². The highest BCUT2D eigenvalue weighted by atomic mass is 16.6. The molecule has 7 nitrogen and oxygen atoms in total. The van der Waals surface area contributed by atoms with Gasteiger partial charge in [0.05, 0.1) is 0 Å². The molecule has 162 valence electrons. The van der Waals surface area contributed by atoms with E-state index >= 15 is 0 Å². The number of benzene rings is 1. The van der Waals surface area contributed by atoms with Gasteiger partial charge in [-0.3, -0.25) is 9.59 Å². The van der Waals surface area contributed by atoms with Gasteiger partial charge < -0.3 is 20.3 Å². The van der Waals surface area contributed by atoms with E-state index in [-0.39, 0.29) is 30.6 Å². The fraction of sp³-hybridized carbons (Fsp3) is 0.522. The third-order valence-electron chi connectivity index (χ3n) is 5.75. The molecule has 7 heteroatoms. The Morgan fingerprint density at radius 3 is 2.33 bits per heavy atom. The number of hydrogen-bond donors (Lipinski definition) is 2. The Kier molecular flexibility index (Phi) is 5.92. The van der Waals surface area contributed by atoms with Crippen molar-refractivity contribution in [3.63, 3.8) is 0 Å². The summed E-state index contributed by atoms with van der Waals surface area (Å²) in [6, 6.07) is 9.77. The molecule has 1 saturated heterocycles. The van der Waals surface area contributed by atoms with Crippen LogP contribution in [0.4, 0.5) is 4.79 Å². The van der Waals surface area contributed by atoms with Gasteiger partial charge >= 0.3 is 6.09 Å². The number of amides is 2. The summed E-state index contributed by atoms with van der Waals surface area (Å²) >= 11 is 0. The van der Waals surface area contributed by atoms with Crippen LogP contribution in [0.5, 0.6) is 0 Å². The topological polar surface area (TPSA) is 87.7 Å². The number of allylic oxidation sites excluding steroid dienone is 1. The molecular weight excluding hydrogens is 382 g/mol. The van der Waals surface area contributed by atoms with Gasteiger partial charge in [-0.05, 0) is 53.0 Å². The fourth-order valence-corrected chi connectivity index (χ4v) is 3.94. The SMILES string of the molecule is CC1=C(N[C@@H](C)c2ccccc2)NC(=O)C2(CCN(C(=O)OC(C)(C)C)CC2)C1=O. The predicted octanol–water partition coefficient (Wildman–Crippen LogP) is 3.28. The Morgan fingerprint density at radius 2 is 1.77 bits per heavy atom. The Labute approximate surface area is 177 Å². The first-order valence-electron chi connectivity index (χ1n) is 10.4. The minimum atomic E-state index is -1.12. The number of nitrogens with one attached hydrogen (secondary N) is 2. The highest BCUT2D eigenvalue weighted by Crippen LogP contribution is 2.38. The van der Waals surface area contributed by atoms with Gasteiger partial charge in [0.15, 0.2) is 5.78 Å². The van der Waals surface area contributed by atoms with Gasteiger partial charge in [-0.15, -0.1) is 0 Å². The summed E-state index contributed by atoms with van der Waals surface area (Å²) in [5, 5.41) is 6.18. The first-order valence-corrected chi connectivity index (χ1v) is 10.4. The van der Waals surface area contributed by atoms with Crippen LogP contribution in [0.25, 0.3) is 0 Å². The first-order chi connectivity index (χ1) is 14.0. The monoisotopic (exact) mass is 413 g/mol. The number of carbonyl (C=O) groups excluding carboxylic acids is 3. The number of piperidine rings is 1. The van der Waals surface area contributed by atoms with Crippen LogP contribution in [0.1, 0.15) is 59.1 Å². The molecule has 1 spiro atoms. The number of nitrogens with zero attached hydrogens (tertiary/aromatic N) is 1. The molecule has 2 N–H and O–H groups in total. The van der Waals surface area contributed by atoms with Gasteiger partial charge in [-0.25, -0.2) is 4.79 Å². The maximum atomic E-state index is 13.3. The lowest BCUT2D eigenvalue weighted by Gasteiger charge is -2.42. The zero-order chi connectivity index (χ0) is 22.1. The van der Waals surface area contributed by atoms with Crippen LogP contribution in [0.2, 0.25) is 0 Å². The molecule has 0 radical (unpaired) electrons. The second-order valence-corrected chi connectivity index (χ2v) is 9.11. The maximum Gasteiger partial charge on any atom is 0.410 e. The third kappa shape index (κ3) is 4.35. The molecule has 30 heavy (non-hydrogen) atoms. The predicted molar refractivity (Wildman–Crippen MR) is 113 cm³/mol. The Hall–Kier alpha value is -2.83. The van der Waals surface area contributed by atoms with E-state index in [9.17, 15) is 14.4 Å². The van der Waals surface area contributed by atoms with E-state index < -0.39 is 17.1 Å². The van der Waals surface area contributed by atoms with Crippen molar-refractivity contribution < 1.29 is 19.1 Å². The molecule has 3 rings (SSSR count). The van der Waals surface area contributed by atoms with Crippen LogP contribution in [-0.2, 0) is 14.3 Å². The van der Waals surface area contributed by atoms with Crippen LogP contribution < -0.4 is 10.6 Å². The molecule has 2 heterocycles. The summed E-state index contributed by atoms with van der Waals surface area (Å²) in [4.78, 5) is 40.2. The molecule has 2 aliphatic rings. The molecule has 0 aromatic heterocycles. The quantitative estimate of drug-likeness (QED) is 0.743. The van der Waals surface area contributed by atoms with Gasteiger partial charge in [0, 0.05) is 24.7 Å². The number of hydrogen-bond acceptors (Lipinski definition) is 5. The molecule has 0 aliphatic carbocycles. The summed E-state index contributed by atoms with van der Waals surface area (Å²) in [7, 11) is 0. The van der Waals surface area contributed by atoms with Crippen LogP contribution in [-0.4, -0.2) is 41.4 Å². The van der Waals surface area contributed by atoms with E-state index in [1.807, 2.05) is 58.0 Å². The van der Waals surface area contributed by atoms with Gasteiger partial charge in [0.1, 0.15) is 16.8 Å². The Bertz CT molecular complexity index is 862. The first kappa shape index (κ1) is 21.9. The zero-order valence-electron chi connectivity index (χ0n) is 18.4. The molecule has 1 aromatic rings. The second kappa shape index (κ2) is 8.13. The number of Topliss-reactive ketones (excluding diaryl/α,β-unsaturated/α-hetero) is 1. The molecule has 0 saturated carbocycles. The van der Waals surface area contributed by atoms with Crippen molar-refractivity contribution in [1.29, 1.82) is 0 Å².